The molecule has 26 heavy (non-hydrogen) atoms. The number of ether oxygens (including phenoxy) is 2. The zero-order valence-corrected chi connectivity index (χ0v) is 14.9. The summed E-state index contributed by atoms with van der Waals surface area (Å²) in [6.45, 7) is 4.02. The van der Waals surface area contributed by atoms with E-state index in [4.69, 9.17) is 9.47 Å². The fourth-order valence-corrected chi connectivity index (χ4v) is 2.59. The number of methoxy groups -OCH3 is 1. The maximum atomic E-state index is 12.3. The van der Waals surface area contributed by atoms with Crippen LogP contribution in [-0.2, 0) is 27.4 Å². The number of hydrogen-bond donors (Lipinski definition) is 1. The third-order valence-electron chi connectivity index (χ3n) is 3.95. The molecule has 0 atom stereocenters. The summed E-state index contributed by atoms with van der Waals surface area (Å²) >= 11 is 0. The molecular weight excluding hydrogens is 342 g/mol. The number of hydrogen-bond acceptors (Lipinski definition) is 6. The minimum absolute atomic E-state index is 0.330. The van der Waals surface area contributed by atoms with Crippen LogP contribution in [0.3, 0.4) is 0 Å². The average molecular weight is 363 g/mol. The molecule has 0 aromatic carbocycles. The molecule has 0 aliphatic carbocycles. The van der Waals surface area contributed by atoms with Crippen LogP contribution in [0.4, 0.5) is 0 Å². The molecule has 0 radical (unpaired) electrons. The van der Waals surface area contributed by atoms with Gasteiger partial charge in [-0.25, -0.2) is 4.79 Å². The van der Waals surface area contributed by atoms with Crippen LogP contribution in [0, 0.1) is 13.8 Å². The predicted octanol–water partition coefficient (Wildman–Crippen LogP) is 0.0274. The van der Waals surface area contributed by atoms with Crippen LogP contribution in [0.2, 0.25) is 0 Å². The first-order valence-corrected chi connectivity index (χ1v) is 7.97. The molecule has 9 nitrogen and oxygen atoms in total. The summed E-state index contributed by atoms with van der Waals surface area (Å²) in [5.41, 5.74) is 0.889. The van der Waals surface area contributed by atoms with Gasteiger partial charge in [0, 0.05) is 42.9 Å². The van der Waals surface area contributed by atoms with Gasteiger partial charge in [0.2, 0.25) is 5.78 Å². The Morgan fingerprint density at radius 3 is 2.62 bits per heavy atom. The minimum atomic E-state index is -0.749. The molecule has 2 aromatic rings. The van der Waals surface area contributed by atoms with Crippen LogP contribution in [0.25, 0.3) is 0 Å². The lowest BCUT2D eigenvalue weighted by Gasteiger charge is -2.09. The average Bonchev–Trinajstić information content (AvgIpc) is 2.87. The minimum Gasteiger partial charge on any atom is -0.456 e. The van der Waals surface area contributed by atoms with Crippen molar-refractivity contribution in [3.8, 4) is 0 Å². The second-order valence-electron chi connectivity index (χ2n) is 5.75. The number of nitrogens with one attached hydrogen (secondary N) is 1. The van der Waals surface area contributed by atoms with Gasteiger partial charge in [0.05, 0.1) is 6.61 Å². The number of H-pyrrole nitrogens is 1. The molecule has 2 heterocycles. The van der Waals surface area contributed by atoms with Crippen molar-refractivity contribution in [2.24, 2.45) is 0 Å². The lowest BCUT2D eigenvalue weighted by molar-refractivity contribution is -0.143. The quantitative estimate of drug-likeness (QED) is 0.523. The van der Waals surface area contributed by atoms with Crippen LogP contribution < -0.4 is 11.2 Å². The molecule has 9 heteroatoms. The van der Waals surface area contributed by atoms with Gasteiger partial charge in [-0.1, -0.05) is 0 Å². The van der Waals surface area contributed by atoms with E-state index in [1.54, 1.807) is 13.2 Å². The maximum Gasteiger partial charge on any atom is 0.328 e. The first kappa shape index (κ1) is 19.4. The van der Waals surface area contributed by atoms with Gasteiger partial charge in [0.1, 0.15) is 6.54 Å². The highest BCUT2D eigenvalue weighted by Gasteiger charge is 2.17. The number of ketones is 1. The van der Waals surface area contributed by atoms with Gasteiger partial charge in [0.15, 0.2) is 6.61 Å². The number of carbonyl (C=O) groups excluding carboxylic acids is 2. The van der Waals surface area contributed by atoms with Crippen LogP contribution in [0.15, 0.2) is 27.9 Å². The normalized spacial score (nSPS) is 10.7. The Morgan fingerprint density at radius 2 is 1.96 bits per heavy atom. The number of aryl methyl sites for hydroxylation is 1. The SMILES string of the molecule is COCCn1c(C)cc(C(=O)COC(=O)Cn2ccc(=O)[nH]c2=O)c1C. The summed E-state index contributed by atoms with van der Waals surface area (Å²) in [6.07, 6.45) is 1.19. The van der Waals surface area contributed by atoms with Crippen molar-refractivity contribution >= 4 is 11.8 Å². The lowest BCUT2D eigenvalue weighted by atomic mass is 10.1. The molecule has 0 saturated carbocycles. The summed E-state index contributed by atoms with van der Waals surface area (Å²) in [5.74, 6) is -1.08. The van der Waals surface area contributed by atoms with E-state index in [9.17, 15) is 19.2 Å². The van der Waals surface area contributed by atoms with Crippen molar-refractivity contribution < 1.29 is 19.1 Å². The van der Waals surface area contributed by atoms with E-state index in [0.717, 1.165) is 22.0 Å². The Labute approximate surface area is 149 Å². The van der Waals surface area contributed by atoms with E-state index < -0.39 is 30.4 Å². The smallest absolute Gasteiger partial charge is 0.328 e. The third kappa shape index (κ3) is 4.57. The number of rotatable bonds is 8. The van der Waals surface area contributed by atoms with Gasteiger partial charge in [-0.05, 0) is 19.9 Å². The van der Waals surface area contributed by atoms with E-state index in [-0.39, 0.29) is 5.78 Å². The van der Waals surface area contributed by atoms with Gasteiger partial charge in [-0.2, -0.15) is 0 Å². The van der Waals surface area contributed by atoms with E-state index >= 15 is 0 Å². The van der Waals surface area contributed by atoms with Crippen LogP contribution in [0.1, 0.15) is 21.7 Å². The summed E-state index contributed by atoms with van der Waals surface area (Å²) in [6, 6.07) is 2.86. The molecule has 1 N–H and O–H groups in total. The molecule has 0 aliphatic heterocycles. The molecule has 0 fully saturated rings. The molecule has 0 bridgehead atoms. The number of aromatic nitrogens is 3. The van der Waals surface area contributed by atoms with Crippen molar-refractivity contribution in [3.05, 3.63) is 56.1 Å². The van der Waals surface area contributed by atoms with Crippen molar-refractivity contribution in [1.29, 1.82) is 0 Å². The molecule has 2 rings (SSSR count). The van der Waals surface area contributed by atoms with Crippen LogP contribution in [0.5, 0.6) is 0 Å². The monoisotopic (exact) mass is 363 g/mol. The summed E-state index contributed by atoms with van der Waals surface area (Å²) < 4.78 is 13.0. The first-order chi connectivity index (χ1) is 12.3. The van der Waals surface area contributed by atoms with Gasteiger partial charge < -0.3 is 14.0 Å². The molecule has 0 aliphatic rings. The number of aromatic amines is 1. The van der Waals surface area contributed by atoms with Gasteiger partial charge in [-0.3, -0.25) is 23.9 Å². The molecule has 0 spiro atoms. The summed E-state index contributed by atoms with van der Waals surface area (Å²) in [7, 11) is 1.60. The summed E-state index contributed by atoms with van der Waals surface area (Å²) in [4.78, 5) is 48.7. The van der Waals surface area contributed by atoms with Gasteiger partial charge in [0.25, 0.3) is 5.56 Å². The predicted molar refractivity (Wildman–Crippen MR) is 92.4 cm³/mol. The Kier molecular flexibility index (Phi) is 6.29. The van der Waals surface area contributed by atoms with E-state index in [2.05, 4.69) is 0 Å². The molecule has 2 aromatic heterocycles. The van der Waals surface area contributed by atoms with Gasteiger partial charge >= 0.3 is 11.7 Å². The van der Waals surface area contributed by atoms with E-state index in [1.807, 2.05) is 23.4 Å². The number of nitrogens with zero attached hydrogens (tertiary/aromatic N) is 2. The molecule has 0 saturated heterocycles. The number of carbonyl (C=O) groups is 2. The fourth-order valence-electron chi connectivity index (χ4n) is 2.59. The Bertz CT molecular complexity index is 921. The highest BCUT2D eigenvalue weighted by molar-refractivity contribution is 5.99. The number of esters is 1. The zero-order chi connectivity index (χ0) is 19.3. The molecule has 140 valence electrons. The van der Waals surface area contributed by atoms with Crippen molar-refractivity contribution in [3.63, 3.8) is 0 Å². The number of Topliss-reactive ketones (excluding diaryl/α,β-unsaturated/α-hetero) is 1. The second-order valence-corrected chi connectivity index (χ2v) is 5.75. The molecular formula is C17H21N3O6. The second kappa shape index (κ2) is 8.43. The fraction of sp³-hybridized carbons (Fsp3) is 0.412. The van der Waals surface area contributed by atoms with Crippen molar-refractivity contribution in [2.75, 3.05) is 20.3 Å². The highest BCUT2D eigenvalue weighted by Crippen LogP contribution is 2.16. The summed E-state index contributed by atoms with van der Waals surface area (Å²) in [5, 5.41) is 0. The van der Waals surface area contributed by atoms with Crippen molar-refractivity contribution in [1.82, 2.24) is 14.1 Å². The maximum absolute atomic E-state index is 12.3. The Morgan fingerprint density at radius 1 is 1.23 bits per heavy atom. The van der Waals surface area contributed by atoms with E-state index in [1.165, 1.54) is 6.20 Å². The molecule has 0 amide bonds. The standard InChI is InChI=1S/C17H21N3O6/c1-11-8-13(12(2)20(11)6-7-25-3)14(21)10-26-16(23)9-19-5-4-15(22)18-17(19)24/h4-5,8H,6-7,9-10H2,1-3H3,(H,18,22,24). The Balaban J connectivity index is 1.99. The Hall–Kier alpha value is -2.94. The zero-order valence-electron chi connectivity index (χ0n) is 14.9. The van der Waals surface area contributed by atoms with Gasteiger partial charge in [-0.15, -0.1) is 0 Å². The van der Waals surface area contributed by atoms with E-state index in [0.29, 0.717) is 18.7 Å². The van der Waals surface area contributed by atoms with Crippen molar-refractivity contribution in [2.45, 2.75) is 26.9 Å². The topological polar surface area (TPSA) is 112 Å². The highest BCUT2D eigenvalue weighted by atomic mass is 16.5. The molecule has 0 unspecified atom stereocenters. The first-order valence-electron chi connectivity index (χ1n) is 7.97. The third-order valence-corrected chi connectivity index (χ3v) is 3.95. The van der Waals surface area contributed by atoms with Crippen LogP contribution >= 0.6 is 0 Å². The lowest BCUT2D eigenvalue weighted by Crippen LogP contribution is -2.31. The van der Waals surface area contributed by atoms with Crippen LogP contribution in [-0.4, -0.2) is 46.2 Å². The largest absolute Gasteiger partial charge is 0.456 e.